The molecule has 7 nitrogen and oxygen atoms in total. The van der Waals surface area contributed by atoms with Crippen molar-refractivity contribution in [3.05, 3.63) is 0 Å². The number of ether oxygens (including phenoxy) is 2. The Labute approximate surface area is 283 Å². The number of amides is 1. The predicted octanol–water partition coefficient (Wildman–Crippen LogP) is 9.68. The van der Waals surface area contributed by atoms with Gasteiger partial charge in [-0.05, 0) is 12.8 Å². The van der Waals surface area contributed by atoms with Crippen LogP contribution in [0.25, 0.3) is 0 Å². The van der Waals surface area contributed by atoms with Gasteiger partial charge in [0.2, 0.25) is 0 Å². The number of halogens is 1. The fourth-order valence-corrected chi connectivity index (χ4v) is 5.70. The Balaban J connectivity index is 4.23. The second-order valence-corrected chi connectivity index (χ2v) is 14.8. The summed E-state index contributed by atoms with van der Waals surface area (Å²) in [5.41, 5.74) is 0. The Hall–Kier alpha value is -1.18. The SMILES string of the molecule is CCCCCCCCCCCCCC(=O)OCC[N+](Cl)(CCOC(=O)CCCCCCCCCCCCC)C(=O)C[N+](C)(C)C. The zero-order valence-corrected chi connectivity index (χ0v) is 31.1. The molecule has 0 radical (unpaired) electrons. The fourth-order valence-electron chi connectivity index (χ4n) is 5.51. The molecule has 266 valence electrons. The standard InChI is InChI=1S/C37H73ClN2O5/c1-6-8-10-12-14-16-18-20-22-24-26-28-36(42)44-32-30-40(38,35(41)34-39(3,4)5)31-33-45-37(43)29-27-25-23-21-19-17-15-13-11-9-7-2/h6-34H2,1-5H3/q+2. The van der Waals surface area contributed by atoms with Crippen molar-refractivity contribution in [3.63, 3.8) is 0 Å². The number of quaternary nitrogens is 2. The van der Waals surface area contributed by atoms with Crippen LogP contribution in [0.5, 0.6) is 0 Å². The number of carbonyl (C=O) groups is 3. The van der Waals surface area contributed by atoms with Crippen LogP contribution >= 0.6 is 11.8 Å². The minimum Gasteiger partial charge on any atom is -0.460 e. The summed E-state index contributed by atoms with van der Waals surface area (Å²) in [4.78, 5) is 37.8. The maximum absolute atomic E-state index is 13.1. The lowest BCUT2D eigenvalue weighted by Crippen LogP contribution is -2.55. The Morgan fingerprint density at radius 2 is 0.778 bits per heavy atom. The maximum atomic E-state index is 13.1. The van der Waals surface area contributed by atoms with Gasteiger partial charge in [0.1, 0.15) is 26.3 Å². The first kappa shape index (κ1) is 43.8. The smallest absolute Gasteiger partial charge is 0.386 e. The van der Waals surface area contributed by atoms with Crippen LogP contribution in [-0.2, 0) is 23.9 Å². The zero-order chi connectivity index (χ0) is 33.7. The van der Waals surface area contributed by atoms with E-state index in [1.807, 2.05) is 21.1 Å². The van der Waals surface area contributed by atoms with Crippen LogP contribution in [0.15, 0.2) is 0 Å². The van der Waals surface area contributed by atoms with Gasteiger partial charge in [-0.1, -0.05) is 142 Å². The van der Waals surface area contributed by atoms with E-state index in [9.17, 15) is 14.4 Å². The van der Waals surface area contributed by atoms with E-state index in [-0.39, 0.29) is 50.7 Å². The molecule has 0 aliphatic heterocycles. The van der Waals surface area contributed by atoms with Crippen molar-refractivity contribution in [2.24, 2.45) is 0 Å². The van der Waals surface area contributed by atoms with E-state index < -0.39 is 4.00 Å². The van der Waals surface area contributed by atoms with Crippen LogP contribution in [0.2, 0.25) is 0 Å². The van der Waals surface area contributed by atoms with Crippen molar-refractivity contribution >= 4 is 29.6 Å². The summed E-state index contributed by atoms with van der Waals surface area (Å²) in [5.74, 6) is -0.662. The first-order valence-corrected chi connectivity index (χ1v) is 19.1. The number of likely N-dealkylation sites (N-methyl/N-ethyl adjacent to an activating group) is 1. The second kappa shape index (κ2) is 29.0. The van der Waals surface area contributed by atoms with E-state index in [1.165, 1.54) is 103 Å². The van der Waals surface area contributed by atoms with Crippen molar-refractivity contribution < 1.29 is 32.3 Å². The maximum Gasteiger partial charge on any atom is 0.386 e. The molecule has 45 heavy (non-hydrogen) atoms. The van der Waals surface area contributed by atoms with Gasteiger partial charge < -0.3 is 14.0 Å². The van der Waals surface area contributed by atoms with Gasteiger partial charge in [-0.3, -0.25) is 9.59 Å². The molecule has 0 aromatic heterocycles. The second-order valence-electron chi connectivity index (χ2n) is 14.2. The molecule has 0 atom stereocenters. The van der Waals surface area contributed by atoms with Crippen molar-refractivity contribution in [1.82, 2.24) is 0 Å². The summed E-state index contributed by atoms with van der Waals surface area (Å²) in [7, 11) is 5.79. The summed E-state index contributed by atoms with van der Waals surface area (Å²) in [6, 6.07) is 0. The lowest BCUT2D eigenvalue weighted by molar-refractivity contribution is -0.873. The molecule has 8 heteroatoms. The minimum atomic E-state index is -0.438. The Morgan fingerprint density at radius 1 is 0.489 bits per heavy atom. The molecule has 0 aromatic rings. The third-order valence-electron chi connectivity index (χ3n) is 8.44. The van der Waals surface area contributed by atoms with Gasteiger partial charge >= 0.3 is 17.8 Å². The molecule has 0 saturated carbocycles. The molecule has 0 unspecified atom stereocenters. The van der Waals surface area contributed by atoms with Crippen LogP contribution in [0, 0.1) is 0 Å². The Morgan fingerprint density at radius 3 is 1.07 bits per heavy atom. The lowest BCUT2D eigenvalue weighted by atomic mass is 10.1. The van der Waals surface area contributed by atoms with Crippen molar-refractivity contribution in [2.75, 3.05) is 54.0 Å². The van der Waals surface area contributed by atoms with Crippen molar-refractivity contribution in [1.29, 1.82) is 0 Å². The molecule has 0 rings (SSSR count). The average Bonchev–Trinajstić information content (AvgIpc) is 2.97. The fraction of sp³-hybridized carbons (Fsp3) is 0.919. The minimum absolute atomic E-state index is 0.0654. The summed E-state index contributed by atoms with van der Waals surface area (Å²) in [5, 5.41) is 0. The van der Waals surface area contributed by atoms with Gasteiger partial charge in [0.15, 0.2) is 18.3 Å². The zero-order valence-electron chi connectivity index (χ0n) is 30.3. The number of unbranched alkanes of at least 4 members (excludes halogenated alkanes) is 20. The molecule has 0 bridgehead atoms. The lowest BCUT2D eigenvalue weighted by Gasteiger charge is -2.30. The molecule has 0 spiro atoms. The topological polar surface area (TPSA) is 69.7 Å². The third-order valence-corrected chi connectivity index (χ3v) is 8.97. The Bertz CT molecular complexity index is 697. The number of esters is 2. The average molecular weight is 661 g/mol. The number of hydrogen-bond donors (Lipinski definition) is 0. The summed E-state index contributed by atoms with van der Waals surface area (Å²) >= 11 is 6.80. The van der Waals surface area contributed by atoms with Gasteiger partial charge in [0.25, 0.3) is 0 Å². The molecule has 0 aliphatic rings. The monoisotopic (exact) mass is 661 g/mol. The largest absolute Gasteiger partial charge is 0.460 e. The first-order chi connectivity index (χ1) is 21.5. The first-order valence-electron chi connectivity index (χ1n) is 18.8. The highest BCUT2D eigenvalue weighted by Crippen LogP contribution is 2.17. The third kappa shape index (κ3) is 28.7. The number of nitrogens with zero attached hydrogens (tertiary/aromatic N) is 2. The highest BCUT2D eigenvalue weighted by molar-refractivity contribution is 6.12. The van der Waals surface area contributed by atoms with Gasteiger partial charge in [-0.25, -0.2) is 4.79 Å². The van der Waals surface area contributed by atoms with Crippen LogP contribution < -0.4 is 0 Å². The highest BCUT2D eigenvalue weighted by Gasteiger charge is 2.39. The molecule has 0 heterocycles. The van der Waals surface area contributed by atoms with Crippen molar-refractivity contribution in [2.45, 2.75) is 168 Å². The van der Waals surface area contributed by atoms with Gasteiger partial charge in [0, 0.05) is 12.8 Å². The van der Waals surface area contributed by atoms with E-state index in [4.69, 9.17) is 21.3 Å². The van der Waals surface area contributed by atoms with E-state index in [1.54, 1.807) is 0 Å². The van der Waals surface area contributed by atoms with E-state index in [0.29, 0.717) is 17.3 Å². The van der Waals surface area contributed by atoms with Crippen LogP contribution in [0.3, 0.4) is 0 Å². The molecule has 1 amide bonds. The van der Waals surface area contributed by atoms with Gasteiger partial charge in [0.05, 0.1) is 21.1 Å². The molecule has 0 aromatic carbocycles. The van der Waals surface area contributed by atoms with E-state index in [0.717, 1.165) is 38.5 Å². The summed E-state index contributed by atoms with van der Waals surface area (Å²) < 4.78 is 10.9. The summed E-state index contributed by atoms with van der Waals surface area (Å²) in [6.45, 7) is 5.16. The number of hydrogen-bond acceptors (Lipinski definition) is 5. The predicted molar refractivity (Wildman–Crippen MR) is 188 cm³/mol. The van der Waals surface area contributed by atoms with E-state index >= 15 is 0 Å². The normalized spacial score (nSPS) is 12.0. The molecule has 0 fully saturated rings. The van der Waals surface area contributed by atoms with Crippen LogP contribution in [0.1, 0.15) is 168 Å². The van der Waals surface area contributed by atoms with Crippen LogP contribution in [0.4, 0.5) is 0 Å². The van der Waals surface area contributed by atoms with Crippen molar-refractivity contribution in [3.8, 4) is 0 Å². The van der Waals surface area contributed by atoms with Gasteiger partial charge in [-0.15, -0.1) is 4.00 Å². The van der Waals surface area contributed by atoms with Crippen LogP contribution in [-0.4, -0.2) is 80.3 Å². The Kier molecular flexibility index (Phi) is 28.2. The number of rotatable bonds is 32. The molecule has 0 N–H and O–H groups in total. The summed E-state index contributed by atoms with van der Waals surface area (Å²) in [6.07, 6.45) is 27.9. The van der Waals surface area contributed by atoms with E-state index in [2.05, 4.69) is 13.8 Å². The highest BCUT2D eigenvalue weighted by atomic mass is 35.5. The molecule has 0 aliphatic carbocycles. The molecular formula is C37H73ClN2O5+2. The molecule has 0 saturated heterocycles. The molecular weight excluding hydrogens is 588 g/mol. The van der Waals surface area contributed by atoms with Gasteiger partial charge in [-0.2, -0.15) is 0 Å². The quantitative estimate of drug-likeness (QED) is 0.0311. The number of carbonyl (C=O) groups excluding carboxylic acids is 3.